The van der Waals surface area contributed by atoms with Gasteiger partial charge in [-0.3, -0.25) is 4.79 Å². The molecule has 12 heteroatoms. The molecule has 1 aliphatic rings. The number of nitrogens with zero attached hydrogens (tertiary/aromatic N) is 2. The smallest absolute Gasteiger partial charge is 0.417 e. The van der Waals surface area contributed by atoms with E-state index < -0.39 is 11.7 Å². The predicted octanol–water partition coefficient (Wildman–Crippen LogP) is 2.58. The Morgan fingerprint density at radius 2 is 2.25 bits per heavy atom. The molecule has 0 radical (unpaired) electrons. The molecule has 0 bridgehead atoms. The average molecular weight is 536 g/mol. The van der Waals surface area contributed by atoms with E-state index in [4.69, 9.17) is 16.3 Å². The van der Waals surface area contributed by atoms with Crippen molar-refractivity contribution in [2.75, 3.05) is 26.2 Å². The van der Waals surface area contributed by atoms with E-state index in [9.17, 15) is 18.0 Å². The minimum Gasteiger partial charge on any atom is -0.475 e. The molecule has 2 heterocycles. The van der Waals surface area contributed by atoms with Crippen LogP contribution in [0.25, 0.3) is 0 Å². The van der Waals surface area contributed by atoms with Crippen molar-refractivity contribution in [3.05, 3.63) is 22.8 Å². The molecular weight excluding hydrogens is 514 g/mol. The van der Waals surface area contributed by atoms with Gasteiger partial charge in [0.25, 0.3) is 0 Å². The van der Waals surface area contributed by atoms with Crippen LogP contribution in [0.15, 0.2) is 17.3 Å². The molecule has 2 rings (SSSR count). The van der Waals surface area contributed by atoms with Gasteiger partial charge in [-0.1, -0.05) is 11.6 Å². The molecule has 158 valence electrons. The maximum Gasteiger partial charge on any atom is 0.417 e. The van der Waals surface area contributed by atoms with Crippen molar-refractivity contribution in [3.8, 4) is 5.88 Å². The molecule has 1 aromatic heterocycles. The van der Waals surface area contributed by atoms with Crippen LogP contribution in [0.5, 0.6) is 5.88 Å². The number of carbonyl (C=O) groups is 1. The fraction of sp³-hybridized carbons (Fsp3) is 0.562. The number of alkyl halides is 3. The van der Waals surface area contributed by atoms with E-state index in [1.54, 1.807) is 0 Å². The summed E-state index contributed by atoms with van der Waals surface area (Å²) >= 11 is 5.78. The Labute approximate surface area is 182 Å². The van der Waals surface area contributed by atoms with Gasteiger partial charge < -0.3 is 20.7 Å². The van der Waals surface area contributed by atoms with Crippen LogP contribution in [0, 0.1) is 0 Å². The van der Waals surface area contributed by atoms with Gasteiger partial charge in [-0.05, 0) is 19.4 Å². The predicted molar refractivity (Wildman–Crippen MR) is 110 cm³/mol. The minimum atomic E-state index is -4.51. The molecule has 0 spiro atoms. The number of pyridine rings is 1. The van der Waals surface area contributed by atoms with Crippen LogP contribution in [-0.4, -0.2) is 49.1 Å². The van der Waals surface area contributed by atoms with Crippen molar-refractivity contribution in [1.82, 2.24) is 20.9 Å². The summed E-state index contributed by atoms with van der Waals surface area (Å²) < 4.78 is 43.1. The van der Waals surface area contributed by atoms with Crippen LogP contribution >= 0.6 is 35.6 Å². The lowest BCUT2D eigenvalue weighted by Gasteiger charge is -2.25. The number of aromatic nitrogens is 1. The first-order valence-electron chi connectivity index (χ1n) is 8.46. The molecule has 0 aromatic carbocycles. The lowest BCUT2D eigenvalue weighted by Crippen LogP contribution is -2.51. The number of amides is 1. The molecule has 1 aliphatic heterocycles. The number of guanidine groups is 1. The molecular formula is C16H22ClF3IN5O2. The Bertz CT molecular complexity index is 681. The van der Waals surface area contributed by atoms with Gasteiger partial charge in [0, 0.05) is 31.7 Å². The van der Waals surface area contributed by atoms with Gasteiger partial charge in [0.1, 0.15) is 11.6 Å². The molecule has 1 aromatic rings. The third-order valence-electron chi connectivity index (χ3n) is 3.69. The van der Waals surface area contributed by atoms with E-state index in [2.05, 4.69) is 25.9 Å². The Hall–Kier alpha value is -1.50. The van der Waals surface area contributed by atoms with Crippen LogP contribution in [0.2, 0.25) is 5.02 Å². The summed E-state index contributed by atoms with van der Waals surface area (Å²) in [6.07, 6.45) is -2.67. The van der Waals surface area contributed by atoms with E-state index in [0.717, 1.165) is 6.07 Å². The molecule has 1 atom stereocenters. The zero-order chi connectivity index (χ0) is 19.9. The Kier molecular flexibility index (Phi) is 10.1. The number of carbonyl (C=O) groups excluding carboxylic acids is 1. The largest absolute Gasteiger partial charge is 0.475 e. The number of piperidine rings is 1. The van der Waals surface area contributed by atoms with Gasteiger partial charge in [-0.25, -0.2) is 9.98 Å². The summed E-state index contributed by atoms with van der Waals surface area (Å²) in [4.78, 5) is 19.1. The number of ether oxygens (including phenoxy) is 1. The fourth-order valence-corrected chi connectivity index (χ4v) is 2.58. The first-order valence-corrected chi connectivity index (χ1v) is 8.84. The monoisotopic (exact) mass is 535 g/mol. The molecule has 1 amide bonds. The molecule has 28 heavy (non-hydrogen) atoms. The molecule has 0 aliphatic carbocycles. The molecule has 1 saturated heterocycles. The van der Waals surface area contributed by atoms with E-state index in [0.29, 0.717) is 38.1 Å². The fourth-order valence-electron chi connectivity index (χ4n) is 2.36. The summed E-state index contributed by atoms with van der Waals surface area (Å²) in [6.45, 7) is 3.43. The van der Waals surface area contributed by atoms with Crippen LogP contribution in [0.3, 0.4) is 0 Å². The summed E-state index contributed by atoms with van der Waals surface area (Å²) in [6, 6.07) is 0.850. The Morgan fingerprint density at radius 1 is 1.50 bits per heavy atom. The quantitative estimate of drug-likeness (QED) is 0.226. The summed E-state index contributed by atoms with van der Waals surface area (Å²) in [5, 5.41) is 8.86. The summed E-state index contributed by atoms with van der Waals surface area (Å²) in [7, 11) is 0. The zero-order valence-corrected chi connectivity index (χ0v) is 18.2. The molecule has 1 fully saturated rings. The SMILES string of the molecule is CCNC(=NCCOc1ncc(C(F)(F)F)cc1Cl)NC1CCC(=O)NC1.I. The van der Waals surface area contributed by atoms with Gasteiger partial charge in [0.15, 0.2) is 5.96 Å². The zero-order valence-electron chi connectivity index (χ0n) is 15.1. The average Bonchev–Trinajstić information content (AvgIpc) is 2.61. The lowest BCUT2D eigenvalue weighted by atomic mass is 10.1. The first kappa shape index (κ1) is 24.5. The first-order chi connectivity index (χ1) is 12.8. The van der Waals surface area contributed by atoms with Gasteiger partial charge in [-0.15, -0.1) is 24.0 Å². The van der Waals surface area contributed by atoms with Gasteiger partial charge in [0.2, 0.25) is 11.8 Å². The van der Waals surface area contributed by atoms with Crippen molar-refractivity contribution in [3.63, 3.8) is 0 Å². The number of nitrogens with one attached hydrogen (secondary N) is 3. The normalized spacial score (nSPS) is 17.4. The molecule has 3 N–H and O–H groups in total. The second-order valence-electron chi connectivity index (χ2n) is 5.80. The third kappa shape index (κ3) is 7.86. The standard InChI is InChI=1S/C16H21ClF3N5O2.HI/c1-2-21-15(25-11-3-4-13(26)23-9-11)22-5-6-27-14-12(17)7-10(8-24-14)16(18,19)20;/h7-8,11H,2-6,9H2,1H3,(H,23,26)(H2,21,22,25);1H. The Morgan fingerprint density at radius 3 is 2.82 bits per heavy atom. The van der Waals surface area contributed by atoms with Crippen LogP contribution < -0.4 is 20.7 Å². The number of hydrogen-bond donors (Lipinski definition) is 3. The number of rotatable bonds is 6. The van der Waals surface area contributed by atoms with Crippen molar-refractivity contribution in [2.24, 2.45) is 4.99 Å². The van der Waals surface area contributed by atoms with E-state index in [1.807, 2.05) is 6.92 Å². The van der Waals surface area contributed by atoms with Gasteiger partial charge >= 0.3 is 6.18 Å². The summed E-state index contributed by atoms with van der Waals surface area (Å²) in [5.41, 5.74) is -0.934. The highest BCUT2D eigenvalue weighted by molar-refractivity contribution is 14.0. The van der Waals surface area contributed by atoms with Gasteiger partial charge in [-0.2, -0.15) is 13.2 Å². The van der Waals surface area contributed by atoms with E-state index in [-0.39, 0.29) is 60.0 Å². The van der Waals surface area contributed by atoms with Crippen molar-refractivity contribution in [2.45, 2.75) is 32.0 Å². The Balaban J connectivity index is 0.00000392. The maximum absolute atomic E-state index is 12.6. The van der Waals surface area contributed by atoms with Crippen molar-refractivity contribution < 1.29 is 22.7 Å². The third-order valence-corrected chi connectivity index (χ3v) is 3.96. The van der Waals surface area contributed by atoms with Crippen molar-refractivity contribution >= 4 is 47.4 Å². The second-order valence-corrected chi connectivity index (χ2v) is 6.21. The maximum atomic E-state index is 12.6. The topological polar surface area (TPSA) is 87.6 Å². The highest BCUT2D eigenvalue weighted by Gasteiger charge is 2.31. The highest BCUT2D eigenvalue weighted by atomic mass is 127. The van der Waals surface area contributed by atoms with Gasteiger partial charge in [0.05, 0.1) is 12.1 Å². The van der Waals surface area contributed by atoms with Crippen LogP contribution in [0.4, 0.5) is 13.2 Å². The highest BCUT2D eigenvalue weighted by Crippen LogP contribution is 2.32. The molecule has 0 saturated carbocycles. The van der Waals surface area contributed by atoms with Crippen molar-refractivity contribution in [1.29, 1.82) is 0 Å². The van der Waals surface area contributed by atoms with E-state index >= 15 is 0 Å². The lowest BCUT2D eigenvalue weighted by molar-refractivity contribution is -0.137. The second kappa shape index (κ2) is 11.5. The molecule has 7 nitrogen and oxygen atoms in total. The summed E-state index contributed by atoms with van der Waals surface area (Å²) in [5.74, 6) is 0.519. The minimum absolute atomic E-state index is 0. The number of hydrogen-bond acceptors (Lipinski definition) is 4. The number of aliphatic imine (C=N–C) groups is 1. The number of halogens is 5. The molecule has 1 unspecified atom stereocenters. The van der Waals surface area contributed by atoms with Crippen LogP contribution in [-0.2, 0) is 11.0 Å². The van der Waals surface area contributed by atoms with E-state index in [1.165, 1.54) is 0 Å². The van der Waals surface area contributed by atoms with Crippen LogP contribution in [0.1, 0.15) is 25.3 Å².